The molecule has 0 aliphatic carbocycles. The number of rotatable bonds is 5. The fourth-order valence-electron chi connectivity index (χ4n) is 4.52. The van der Waals surface area contributed by atoms with Gasteiger partial charge in [0.25, 0.3) is 0 Å². The number of carbonyl (C=O) groups is 1. The van der Waals surface area contributed by atoms with Gasteiger partial charge in [0.05, 0.1) is 26.0 Å². The smallest absolute Gasteiger partial charge is 0.226 e. The molecule has 0 unspecified atom stereocenters. The Labute approximate surface area is 184 Å². The van der Waals surface area contributed by atoms with E-state index in [2.05, 4.69) is 11.0 Å². The van der Waals surface area contributed by atoms with Crippen LogP contribution >= 0.6 is 0 Å². The molecule has 7 heteroatoms. The van der Waals surface area contributed by atoms with Crippen LogP contribution in [0.3, 0.4) is 0 Å². The van der Waals surface area contributed by atoms with Crippen molar-refractivity contribution in [1.29, 1.82) is 0 Å². The molecular formula is C24H33N3O4. The minimum atomic E-state index is 0.133. The molecule has 7 nitrogen and oxygen atoms in total. The average Bonchev–Trinajstić information content (AvgIpc) is 3.15. The molecule has 2 aliphatic rings. The molecule has 3 heterocycles. The van der Waals surface area contributed by atoms with Gasteiger partial charge >= 0.3 is 0 Å². The summed E-state index contributed by atoms with van der Waals surface area (Å²) < 4.78 is 16.8. The molecule has 0 spiro atoms. The molecule has 0 radical (unpaired) electrons. The number of hydrogen-bond donors (Lipinski definition) is 0. The van der Waals surface area contributed by atoms with Crippen LogP contribution in [0.5, 0.6) is 5.75 Å². The van der Waals surface area contributed by atoms with Crippen LogP contribution in [-0.4, -0.2) is 67.2 Å². The number of aromatic nitrogens is 1. The van der Waals surface area contributed by atoms with Gasteiger partial charge in [-0.2, -0.15) is 0 Å². The fourth-order valence-corrected chi connectivity index (χ4v) is 4.52. The highest BCUT2D eigenvalue weighted by atomic mass is 16.5. The van der Waals surface area contributed by atoms with Crippen molar-refractivity contribution in [1.82, 2.24) is 14.8 Å². The number of benzene rings is 1. The number of carbonyl (C=O) groups excluding carboxylic acids is 1. The van der Waals surface area contributed by atoms with Gasteiger partial charge in [-0.1, -0.05) is 0 Å². The topological polar surface area (TPSA) is 68.0 Å². The number of likely N-dealkylation sites (tertiary alicyclic amines) is 1. The van der Waals surface area contributed by atoms with Crippen LogP contribution in [0.15, 0.2) is 16.5 Å². The second-order valence-electron chi connectivity index (χ2n) is 8.65. The normalized spacial score (nSPS) is 18.4. The summed E-state index contributed by atoms with van der Waals surface area (Å²) in [4.78, 5) is 21.9. The first-order valence-electron chi connectivity index (χ1n) is 11.2. The van der Waals surface area contributed by atoms with Crippen LogP contribution in [0.1, 0.15) is 35.4 Å². The predicted molar refractivity (Wildman–Crippen MR) is 118 cm³/mol. The molecule has 168 valence electrons. The average molecular weight is 428 g/mol. The summed E-state index contributed by atoms with van der Waals surface area (Å²) >= 11 is 0. The lowest BCUT2D eigenvalue weighted by Gasteiger charge is -2.35. The van der Waals surface area contributed by atoms with Gasteiger partial charge in [-0.15, -0.1) is 0 Å². The molecule has 1 aromatic carbocycles. The Bertz CT molecular complexity index is 925. The van der Waals surface area contributed by atoms with E-state index in [9.17, 15) is 4.79 Å². The largest absolute Gasteiger partial charge is 0.496 e. The van der Waals surface area contributed by atoms with E-state index < -0.39 is 0 Å². The number of methoxy groups -OCH3 is 1. The monoisotopic (exact) mass is 427 g/mol. The van der Waals surface area contributed by atoms with Crippen molar-refractivity contribution in [3.63, 3.8) is 0 Å². The number of hydrogen-bond acceptors (Lipinski definition) is 6. The summed E-state index contributed by atoms with van der Waals surface area (Å²) in [5.74, 6) is 2.82. The van der Waals surface area contributed by atoms with Gasteiger partial charge in [0.15, 0.2) is 0 Å². The van der Waals surface area contributed by atoms with E-state index in [0.29, 0.717) is 25.0 Å². The predicted octanol–water partition coefficient (Wildman–Crippen LogP) is 3.35. The summed E-state index contributed by atoms with van der Waals surface area (Å²) in [6.45, 7) is 11.4. The lowest BCUT2D eigenvalue weighted by Crippen LogP contribution is -2.46. The van der Waals surface area contributed by atoms with E-state index in [1.807, 2.05) is 31.7 Å². The Balaban J connectivity index is 1.38. The molecule has 0 saturated carbocycles. The molecule has 0 N–H and O–H groups in total. The van der Waals surface area contributed by atoms with Gasteiger partial charge in [-0.3, -0.25) is 9.69 Å². The molecule has 0 bridgehead atoms. The second-order valence-corrected chi connectivity index (χ2v) is 8.65. The molecule has 2 saturated heterocycles. The molecular weight excluding hydrogens is 394 g/mol. The molecule has 0 atom stereocenters. The first kappa shape index (κ1) is 21.8. The summed E-state index contributed by atoms with van der Waals surface area (Å²) in [6, 6.07) is 4.10. The Kier molecular flexibility index (Phi) is 6.62. The highest BCUT2D eigenvalue weighted by Crippen LogP contribution is 2.31. The first-order chi connectivity index (χ1) is 15.0. The molecule has 2 aromatic rings. The second kappa shape index (κ2) is 9.40. The van der Waals surface area contributed by atoms with Gasteiger partial charge in [0.2, 0.25) is 11.8 Å². The Morgan fingerprint density at radius 1 is 1.10 bits per heavy atom. The summed E-state index contributed by atoms with van der Waals surface area (Å²) in [7, 11) is 1.69. The van der Waals surface area contributed by atoms with Crippen LogP contribution in [0.25, 0.3) is 11.5 Å². The lowest BCUT2D eigenvalue weighted by atomic mass is 9.95. The number of nitrogens with zero attached hydrogens (tertiary/aromatic N) is 3. The maximum Gasteiger partial charge on any atom is 0.226 e. The Morgan fingerprint density at radius 3 is 2.48 bits per heavy atom. The van der Waals surface area contributed by atoms with Crippen molar-refractivity contribution in [2.24, 2.45) is 5.92 Å². The van der Waals surface area contributed by atoms with Gasteiger partial charge in [-0.05, 0) is 70.0 Å². The van der Waals surface area contributed by atoms with Crippen LogP contribution < -0.4 is 4.74 Å². The van der Waals surface area contributed by atoms with E-state index in [4.69, 9.17) is 18.9 Å². The number of piperidine rings is 1. The van der Waals surface area contributed by atoms with Crippen molar-refractivity contribution < 1.29 is 18.7 Å². The molecule has 31 heavy (non-hydrogen) atoms. The van der Waals surface area contributed by atoms with Gasteiger partial charge < -0.3 is 18.8 Å². The molecule has 2 aliphatic heterocycles. The number of oxazole rings is 1. The van der Waals surface area contributed by atoms with Gasteiger partial charge in [0, 0.05) is 31.1 Å². The van der Waals surface area contributed by atoms with Crippen LogP contribution in [-0.2, 0) is 16.1 Å². The van der Waals surface area contributed by atoms with Crippen LogP contribution in [0, 0.1) is 26.7 Å². The third-order valence-electron chi connectivity index (χ3n) is 6.50. The van der Waals surface area contributed by atoms with E-state index in [0.717, 1.165) is 79.5 Å². The summed E-state index contributed by atoms with van der Waals surface area (Å²) in [5.41, 5.74) is 4.12. The van der Waals surface area contributed by atoms with Crippen molar-refractivity contribution >= 4 is 5.91 Å². The minimum Gasteiger partial charge on any atom is -0.496 e. The highest BCUT2D eigenvalue weighted by molar-refractivity contribution is 5.79. The van der Waals surface area contributed by atoms with E-state index in [1.165, 1.54) is 0 Å². The zero-order valence-corrected chi connectivity index (χ0v) is 19.1. The van der Waals surface area contributed by atoms with Crippen molar-refractivity contribution in [2.45, 2.75) is 40.2 Å². The lowest BCUT2D eigenvalue weighted by molar-refractivity contribution is -0.141. The fraction of sp³-hybridized carbons (Fsp3) is 0.583. The standard InChI is InChI=1S/C24H33N3O4/c1-16-14-22(29-4)17(2)13-20(16)23-25-21(18(3)31-23)15-26-7-5-19(6-8-26)24(28)27-9-11-30-12-10-27/h13-14,19H,5-12,15H2,1-4H3. The SMILES string of the molecule is COc1cc(C)c(-c2nc(CN3CCC(C(=O)N4CCOCC4)CC3)c(C)o2)cc1C. The number of ether oxygens (including phenoxy) is 2. The zero-order valence-electron chi connectivity index (χ0n) is 19.1. The molecule has 2 fully saturated rings. The van der Waals surface area contributed by atoms with Gasteiger partial charge in [0.1, 0.15) is 11.5 Å². The Hall–Kier alpha value is -2.38. The number of morpholine rings is 1. The maximum atomic E-state index is 12.8. The van der Waals surface area contributed by atoms with Crippen molar-refractivity contribution in [3.05, 3.63) is 34.7 Å². The van der Waals surface area contributed by atoms with Crippen LogP contribution in [0.2, 0.25) is 0 Å². The van der Waals surface area contributed by atoms with Crippen molar-refractivity contribution in [2.75, 3.05) is 46.5 Å². The van der Waals surface area contributed by atoms with E-state index in [-0.39, 0.29) is 5.92 Å². The van der Waals surface area contributed by atoms with Crippen LogP contribution in [0.4, 0.5) is 0 Å². The summed E-state index contributed by atoms with van der Waals surface area (Å²) in [5, 5.41) is 0. The summed E-state index contributed by atoms with van der Waals surface area (Å²) in [6.07, 6.45) is 1.80. The zero-order chi connectivity index (χ0) is 22.0. The third kappa shape index (κ3) is 4.77. The number of amides is 1. The quantitative estimate of drug-likeness (QED) is 0.729. The first-order valence-corrected chi connectivity index (χ1v) is 11.2. The number of aryl methyl sites for hydroxylation is 3. The van der Waals surface area contributed by atoms with E-state index in [1.54, 1.807) is 7.11 Å². The Morgan fingerprint density at radius 2 is 1.81 bits per heavy atom. The third-order valence-corrected chi connectivity index (χ3v) is 6.50. The molecule has 4 rings (SSSR count). The van der Waals surface area contributed by atoms with Crippen molar-refractivity contribution in [3.8, 4) is 17.2 Å². The maximum absolute atomic E-state index is 12.8. The minimum absolute atomic E-state index is 0.133. The highest BCUT2D eigenvalue weighted by Gasteiger charge is 2.30. The van der Waals surface area contributed by atoms with Gasteiger partial charge in [-0.25, -0.2) is 4.98 Å². The molecule has 1 amide bonds. The molecule has 1 aromatic heterocycles. The van der Waals surface area contributed by atoms with E-state index >= 15 is 0 Å².